The summed E-state index contributed by atoms with van der Waals surface area (Å²) in [7, 11) is 0. The van der Waals surface area contributed by atoms with Crippen molar-refractivity contribution in [3.8, 4) is 5.75 Å². The molecule has 4 aromatic rings. The van der Waals surface area contributed by atoms with E-state index in [1.165, 1.54) is 24.3 Å². The zero-order valence-corrected chi connectivity index (χ0v) is 22.1. The number of ether oxygens (including phenoxy) is 1. The van der Waals surface area contributed by atoms with Crippen molar-refractivity contribution in [1.82, 2.24) is 5.32 Å². The van der Waals surface area contributed by atoms with Gasteiger partial charge in [-0.25, -0.2) is 13.2 Å². The summed E-state index contributed by atoms with van der Waals surface area (Å²) in [6.45, 7) is -1.22. The molecule has 5 nitrogen and oxygen atoms in total. The van der Waals surface area contributed by atoms with Crippen LogP contribution in [0.15, 0.2) is 91.0 Å². The molecule has 0 aliphatic rings. The van der Waals surface area contributed by atoms with Gasteiger partial charge >= 0.3 is 12.5 Å². The second kappa shape index (κ2) is 12.6. The number of alkyl halides is 5. The summed E-state index contributed by atoms with van der Waals surface area (Å²) in [4.78, 5) is 25.4. The molecule has 1 atom stereocenters. The Morgan fingerprint density at radius 3 is 2.09 bits per heavy atom. The summed E-state index contributed by atoms with van der Waals surface area (Å²) in [5, 5.41) is 2.73. The Labute approximate surface area is 241 Å². The van der Waals surface area contributed by atoms with Gasteiger partial charge in [-0.2, -0.15) is 17.6 Å². The van der Waals surface area contributed by atoms with Gasteiger partial charge in [0.1, 0.15) is 24.1 Å². The third kappa shape index (κ3) is 6.96. The standard InChI is InChI=1S/C31H23F7N2O3/c32-17-21-12-20(8-11-26(21)34)28(42)40-30(16-18-4-2-1-3-5-18,22-9-6-19(7-10-22)27(39)41)23-13-24(33)15-25(14-23)43-31(37,38)29(35)36/h1-15,29H,16-17H2,(H2,39,41)(H,40,42)/t30-/m1/s1. The molecule has 0 saturated carbocycles. The van der Waals surface area contributed by atoms with Gasteiger partial charge in [0.2, 0.25) is 5.91 Å². The number of hydrogen-bond acceptors (Lipinski definition) is 3. The van der Waals surface area contributed by atoms with Gasteiger partial charge in [0.05, 0.1) is 5.54 Å². The maximum Gasteiger partial charge on any atom is 0.461 e. The van der Waals surface area contributed by atoms with Crippen molar-refractivity contribution < 1.29 is 45.1 Å². The Hall–Kier alpha value is -4.87. The number of amides is 2. The van der Waals surface area contributed by atoms with Crippen LogP contribution in [-0.4, -0.2) is 24.3 Å². The number of carbonyl (C=O) groups is 2. The minimum atomic E-state index is -4.98. The molecule has 4 rings (SSSR count). The zero-order valence-electron chi connectivity index (χ0n) is 22.1. The van der Waals surface area contributed by atoms with Crippen molar-refractivity contribution in [1.29, 1.82) is 0 Å². The average Bonchev–Trinajstić information content (AvgIpc) is 2.97. The highest BCUT2D eigenvalue weighted by Gasteiger charge is 2.45. The van der Waals surface area contributed by atoms with Crippen molar-refractivity contribution in [2.24, 2.45) is 5.73 Å². The van der Waals surface area contributed by atoms with Gasteiger partial charge in [0.15, 0.2) is 0 Å². The molecule has 0 heterocycles. The van der Waals surface area contributed by atoms with E-state index in [1.807, 2.05) is 0 Å². The van der Waals surface area contributed by atoms with E-state index in [9.17, 15) is 40.3 Å². The van der Waals surface area contributed by atoms with Gasteiger partial charge in [-0.05, 0) is 59.2 Å². The molecule has 0 unspecified atom stereocenters. The van der Waals surface area contributed by atoms with E-state index in [2.05, 4.69) is 10.1 Å². The van der Waals surface area contributed by atoms with E-state index in [4.69, 9.17) is 5.73 Å². The van der Waals surface area contributed by atoms with E-state index in [0.29, 0.717) is 11.6 Å². The lowest BCUT2D eigenvalue weighted by molar-refractivity contribution is -0.253. The van der Waals surface area contributed by atoms with Crippen molar-refractivity contribution in [2.45, 2.75) is 31.2 Å². The molecule has 224 valence electrons. The smallest absolute Gasteiger partial charge is 0.428 e. The summed E-state index contributed by atoms with van der Waals surface area (Å²) in [5.74, 6) is -4.73. The van der Waals surface area contributed by atoms with Crippen LogP contribution in [0.3, 0.4) is 0 Å². The third-order valence-corrected chi connectivity index (χ3v) is 6.63. The molecule has 0 aromatic heterocycles. The van der Waals surface area contributed by atoms with E-state index in [-0.39, 0.29) is 28.7 Å². The Morgan fingerprint density at radius 2 is 1.49 bits per heavy atom. The molecule has 0 aliphatic heterocycles. The number of hydrogen-bond donors (Lipinski definition) is 2. The van der Waals surface area contributed by atoms with E-state index >= 15 is 0 Å². The summed E-state index contributed by atoms with van der Waals surface area (Å²) >= 11 is 0. The van der Waals surface area contributed by atoms with Gasteiger partial charge in [0.25, 0.3) is 5.91 Å². The molecule has 0 bridgehead atoms. The Kier molecular flexibility index (Phi) is 9.07. The fourth-order valence-corrected chi connectivity index (χ4v) is 4.53. The fourth-order valence-electron chi connectivity index (χ4n) is 4.53. The second-order valence-corrected chi connectivity index (χ2v) is 9.54. The predicted molar refractivity (Wildman–Crippen MR) is 143 cm³/mol. The first-order chi connectivity index (χ1) is 20.3. The molecule has 0 fully saturated rings. The summed E-state index contributed by atoms with van der Waals surface area (Å²) in [5.41, 5.74) is 3.45. The SMILES string of the molecule is NC(=O)c1ccc([C@@](Cc2ccccc2)(NC(=O)c2ccc(F)c(CF)c2)c2cc(F)cc(OC(F)(F)C(F)F)c2)cc1. The third-order valence-electron chi connectivity index (χ3n) is 6.63. The van der Waals surface area contributed by atoms with Gasteiger partial charge < -0.3 is 15.8 Å². The largest absolute Gasteiger partial charge is 0.461 e. The van der Waals surface area contributed by atoms with Gasteiger partial charge in [-0.3, -0.25) is 9.59 Å². The van der Waals surface area contributed by atoms with Crippen LogP contribution in [0, 0.1) is 11.6 Å². The maximum atomic E-state index is 15.0. The summed E-state index contributed by atoms with van der Waals surface area (Å²) in [6.07, 6.45) is -9.39. The van der Waals surface area contributed by atoms with Crippen LogP contribution in [0.2, 0.25) is 0 Å². The molecule has 0 saturated heterocycles. The number of halogens is 7. The van der Waals surface area contributed by atoms with Crippen molar-refractivity contribution in [3.63, 3.8) is 0 Å². The molecule has 3 N–H and O–H groups in total. The lowest BCUT2D eigenvalue weighted by atomic mass is 9.77. The molecule has 12 heteroatoms. The topological polar surface area (TPSA) is 81.4 Å². The molecule has 0 aliphatic carbocycles. The van der Waals surface area contributed by atoms with Gasteiger partial charge in [0, 0.05) is 29.2 Å². The van der Waals surface area contributed by atoms with Crippen LogP contribution in [0.1, 0.15) is 43.0 Å². The molecule has 0 radical (unpaired) electrons. The molecular weight excluding hydrogens is 581 g/mol. The number of benzene rings is 4. The second-order valence-electron chi connectivity index (χ2n) is 9.54. The van der Waals surface area contributed by atoms with Crippen LogP contribution in [0.5, 0.6) is 5.75 Å². The normalized spacial score (nSPS) is 12.9. The summed E-state index contributed by atoms with van der Waals surface area (Å²) < 4.78 is 100. The molecular formula is C31H23F7N2O3. The van der Waals surface area contributed by atoms with Crippen LogP contribution in [0.4, 0.5) is 30.7 Å². The average molecular weight is 605 g/mol. The fraction of sp³-hybridized carbons (Fsp3) is 0.161. The lowest BCUT2D eigenvalue weighted by Crippen LogP contribution is -2.48. The Balaban J connectivity index is 1.97. The summed E-state index contributed by atoms with van der Waals surface area (Å²) in [6, 6.07) is 18.8. The predicted octanol–water partition coefficient (Wildman–Crippen LogP) is 6.69. The van der Waals surface area contributed by atoms with Crippen LogP contribution < -0.4 is 15.8 Å². The monoisotopic (exact) mass is 604 g/mol. The number of rotatable bonds is 11. The van der Waals surface area contributed by atoms with E-state index in [1.54, 1.807) is 30.3 Å². The van der Waals surface area contributed by atoms with E-state index in [0.717, 1.165) is 30.3 Å². The number of carbonyl (C=O) groups excluding carboxylic acids is 2. The maximum absolute atomic E-state index is 15.0. The molecule has 0 spiro atoms. The quantitative estimate of drug-likeness (QED) is 0.187. The van der Waals surface area contributed by atoms with Crippen molar-refractivity contribution in [3.05, 3.63) is 136 Å². The Bertz CT molecular complexity index is 1620. The minimum Gasteiger partial charge on any atom is -0.428 e. The van der Waals surface area contributed by atoms with Crippen molar-refractivity contribution >= 4 is 11.8 Å². The minimum absolute atomic E-state index is 0.0645. The van der Waals surface area contributed by atoms with E-state index < -0.39 is 59.5 Å². The van der Waals surface area contributed by atoms with Gasteiger partial charge in [-0.15, -0.1) is 0 Å². The van der Waals surface area contributed by atoms with Crippen LogP contribution >= 0.6 is 0 Å². The van der Waals surface area contributed by atoms with Crippen LogP contribution in [0.25, 0.3) is 0 Å². The first-order valence-electron chi connectivity index (χ1n) is 12.6. The highest BCUT2D eigenvalue weighted by atomic mass is 19.3. The number of primary amides is 1. The van der Waals surface area contributed by atoms with Crippen LogP contribution in [-0.2, 0) is 18.6 Å². The highest BCUT2D eigenvalue weighted by molar-refractivity contribution is 5.95. The zero-order chi connectivity index (χ0) is 31.4. The lowest BCUT2D eigenvalue weighted by Gasteiger charge is -2.37. The van der Waals surface area contributed by atoms with Gasteiger partial charge in [-0.1, -0.05) is 42.5 Å². The first-order valence-corrected chi connectivity index (χ1v) is 12.6. The molecule has 4 aromatic carbocycles. The number of nitrogens with two attached hydrogens (primary N) is 1. The number of nitrogens with one attached hydrogen (secondary N) is 1. The Morgan fingerprint density at radius 1 is 0.837 bits per heavy atom. The molecule has 2 amide bonds. The highest BCUT2D eigenvalue weighted by Crippen LogP contribution is 2.38. The molecule has 43 heavy (non-hydrogen) atoms. The van der Waals surface area contributed by atoms with Crippen molar-refractivity contribution in [2.75, 3.05) is 0 Å². The first kappa shape index (κ1) is 31.1.